The first kappa shape index (κ1) is 8.72. The monoisotopic (exact) mass is 181 g/mol. The summed E-state index contributed by atoms with van der Waals surface area (Å²) in [6, 6.07) is 0.0995. The predicted molar refractivity (Wildman–Crippen MR) is 49.5 cm³/mol. The van der Waals surface area contributed by atoms with E-state index in [0.717, 1.165) is 25.1 Å². The fourth-order valence-electron chi connectivity index (χ4n) is 1.71. The Morgan fingerprint density at radius 1 is 1.69 bits per heavy atom. The Morgan fingerprint density at radius 3 is 3.15 bits per heavy atom. The van der Waals surface area contributed by atoms with Crippen LogP contribution in [0.1, 0.15) is 18.0 Å². The molecular formula is C9H15N3O. The first-order valence-corrected chi connectivity index (χ1v) is 4.67. The Balaban J connectivity index is 2.14. The molecule has 1 aromatic heterocycles. The van der Waals surface area contributed by atoms with Crippen molar-refractivity contribution < 1.29 is 5.11 Å². The van der Waals surface area contributed by atoms with Crippen molar-refractivity contribution in [2.75, 3.05) is 13.1 Å². The molecule has 0 aromatic carbocycles. The van der Waals surface area contributed by atoms with E-state index in [9.17, 15) is 5.11 Å². The Hall–Kier alpha value is -0.870. The van der Waals surface area contributed by atoms with E-state index in [1.807, 2.05) is 24.0 Å². The normalized spacial score (nSPS) is 29.1. The van der Waals surface area contributed by atoms with Gasteiger partial charge in [0.2, 0.25) is 0 Å². The summed E-state index contributed by atoms with van der Waals surface area (Å²) in [4.78, 5) is 0. The fraction of sp³-hybridized carbons (Fsp3) is 0.667. The van der Waals surface area contributed by atoms with Gasteiger partial charge in [0.25, 0.3) is 0 Å². The van der Waals surface area contributed by atoms with Crippen molar-refractivity contribution in [2.24, 2.45) is 0 Å². The zero-order valence-corrected chi connectivity index (χ0v) is 7.77. The van der Waals surface area contributed by atoms with Crippen LogP contribution >= 0.6 is 0 Å². The van der Waals surface area contributed by atoms with Crippen molar-refractivity contribution in [1.29, 1.82) is 0 Å². The highest BCUT2D eigenvalue weighted by Gasteiger charge is 2.24. The molecule has 0 radical (unpaired) electrons. The molecule has 2 atom stereocenters. The largest absolute Gasteiger partial charge is 0.391 e. The van der Waals surface area contributed by atoms with Crippen LogP contribution in [0.25, 0.3) is 0 Å². The first-order valence-electron chi connectivity index (χ1n) is 4.67. The molecular weight excluding hydrogens is 166 g/mol. The van der Waals surface area contributed by atoms with Crippen molar-refractivity contribution in [3.05, 3.63) is 18.0 Å². The van der Waals surface area contributed by atoms with E-state index < -0.39 is 0 Å². The van der Waals surface area contributed by atoms with Crippen LogP contribution in [0.2, 0.25) is 0 Å². The third-order valence-electron chi connectivity index (χ3n) is 2.48. The van der Waals surface area contributed by atoms with Crippen molar-refractivity contribution in [3.63, 3.8) is 0 Å². The summed E-state index contributed by atoms with van der Waals surface area (Å²) in [6.07, 6.45) is 4.34. The third-order valence-corrected chi connectivity index (χ3v) is 2.48. The quantitative estimate of drug-likeness (QED) is 0.645. The van der Waals surface area contributed by atoms with E-state index in [4.69, 9.17) is 0 Å². The lowest BCUT2D eigenvalue weighted by Crippen LogP contribution is -2.41. The van der Waals surface area contributed by atoms with Gasteiger partial charge in [0, 0.05) is 12.7 Å². The number of aromatic nitrogens is 2. The number of rotatable bonds is 1. The van der Waals surface area contributed by atoms with Crippen LogP contribution < -0.4 is 5.32 Å². The van der Waals surface area contributed by atoms with E-state index >= 15 is 0 Å². The zero-order valence-electron chi connectivity index (χ0n) is 7.77. The van der Waals surface area contributed by atoms with E-state index in [0.29, 0.717) is 0 Å². The van der Waals surface area contributed by atoms with Crippen LogP contribution in [0, 0.1) is 6.92 Å². The average Bonchev–Trinajstić information content (AvgIpc) is 2.53. The molecule has 1 aliphatic heterocycles. The number of aliphatic hydroxyl groups is 1. The van der Waals surface area contributed by atoms with Gasteiger partial charge in [-0.15, -0.1) is 0 Å². The third kappa shape index (κ3) is 1.73. The fourth-order valence-corrected chi connectivity index (χ4v) is 1.71. The Kier molecular flexibility index (Phi) is 2.33. The minimum atomic E-state index is -0.263. The highest BCUT2D eigenvalue weighted by molar-refractivity contribution is 5.01. The van der Waals surface area contributed by atoms with Crippen LogP contribution in [0.15, 0.2) is 12.4 Å². The lowest BCUT2D eigenvalue weighted by Gasteiger charge is -2.28. The Bertz CT molecular complexity index is 284. The van der Waals surface area contributed by atoms with Crippen LogP contribution in [0.3, 0.4) is 0 Å². The van der Waals surface area contributed by atoms with Gasteiger partial charge >= 0.3 is 0 Å². The predicted octanol–water partition coefficient (Wildman–Crippen LogP) is 0.0868. The SMILES string of the molecule is Cc1cnn(C2CNCCC2O)c1. The maximum Gasteiger partial charge on any atom is 0.0902 e. The molecule has 2 unspecified atom stereocenters. The second-order valence-electron chi connectivity index (χ2n) is 3.63. The second kappa shape index (κ2) is 3.47. The molecule has 0 aliphatic carbocycles. The summed E-state index contributed by atoms with van der Waals surface area (Å²) in [5.41, 5.74) is 1.14. The van der Waals surface area contributed by atoms with Gasteiger partial charge < -0.3 is 10.4 Å². The standard InChI is InChI=1S/C9H15N3O/c1-7-4-11-12(6-7)8-5-10-3-2-9(8)13/h4,6,8-10,13H,2-3,5H2,1H3. The lowest BCUT2D eigenvalue weighted by molar-refractivity contribution is 0.0783. The van der Waals surface area contributed by atoms with Crippen molar-refractivity contribution in [2.45, 2.75) is 25.5 Å². The summed E-state index contributed by atoms with van der Waals surface area (Å²) >= 11 is 0. The summed E-state index contributed by atoms with van der Waals surface area (Å²) in [5.74, 6) is 0. The molecule has 13 heavy (non-hydrogen) atoms. The maximum absolute atomic E-state index is 9.73. The minimum Gasteiger partial charge on any atom is -0.391 e. The number of piperidine rings is 1. The number of nitrogens with zero attached hydrogens (tertiary/aromatic N) is 2. The highest BCUT2D eigenvalue weighted by atomic mass is 16.3. The average molecular weight is 181 g/mol. The molecule has 0 spiro atoms. The summed E-state index contributed by atoms with van der Waals surface area (Å²) in [5, 5.41) is 17.2. The molecule has 2 heterocycles. The minimum absolute atomic E-state index is 0.0995. The zero-order chi connectivity index (χ0) is 9.26. The van der Waals surface area contributed by atoms with Gasteiger partial charge in [0.1, 0.15) is 0 Å². The second-order valence-corrected chi connectivity index (χ2v) is 3.63. The van der Waals surface area contributed by atoms with Gasteiger partial charge in [-0.2, -0.15) is 5.10 Å². The highest BCUT2D eigenvalue weighted by Crippen LogP contribution is 2.16. The number of aliphatic hydroxyl groups excluding tert-OH is 1. The molecule has 1 saturated heterocycles. The number of hydrogen-bond acceptors (Lipinski definition) is 3. The van der Waals surface area contributed by atoms with E-state index in [-0.39, 0.29) is 12.1 Å². The molecule has 1 aliphatic rings. The van der Waals surface area contributed by atoms with Crippen LogP contribution in [-0.2, 0) is 0 Å². The number of nitrogens with one attached hydrogen (secondary N) is 1. The van der Waals surface area contributed by atoms with E-state index in [2.05, 4.69) is 10.4 Å². The van der Waals surface area contributed by atoms with Crippen LogP contribution in [-0.4, -0.2) is 34.1 Å². The Morgan fingerprint density at radius 2 is 2.54 bits per heavy atom. The first-order chi connectivity index (χ1) is 6.27. The lowest BCUT2D eigenvalue weighted by atomic mass is 10.0. The smallest absolute Gasteiger partial charge is 0.0902 e. The molecule has 1 fully saturated rings. The molecule has 4 nitrogen and oxygen atoms in total. The molecule has 2 N–H and O–H groups in total. The number of aryl methyl sites for hydroxylation is 1. The van der Waals surface area contributed by atoms with Crippen molar-refractivity contribution >= 4 is 0 Å². The molecule has 0 amide bonds. The summed E-state index contributed by atoms with van der Waals surface area (Å²) in [7, 11) is 0. The molecule has 0 saturated carbocycles. The van der Waals surface area contributed by atoms with Crippen LogP contribution in [0.4, 0.5) is 0 Å². The van der Waals surface area contributed by atoms with Gasteiger partial charge in [-0.25, -0.2) is 0 Å². The topological polar surface area (TPSA) is 50.1 Å². The molecule has 72 valence electrons. The van der Waals surface area contributed by atoms with Gasteiger partial charge in [-0.3, -0.25) is 4.68 Å². The molecule has 1 aromatic rings. The van der Waals surface area contributed by atoms with E-state index in [1.165, 1.54) is 0 Å². The van der Waals surface area contributed by atoms with Gasteiger partial charge in [0.15, 0.2) is 0 Å². The maximum atomic E-state index is 9.73. The van der Waals surface area contributed by atoms with Crippen molar-refractivity contribution in [1.82, 2.24) is 15.1 Å². The van der Waals surface area contributed by atoms with Gasteiger partial charge in [-0.05, 0) is 25.5 Å². The van der Waals surface area contributed by atoms with Crippen molar-refractivity contribution in [3.8, 4) is 0 Å². The van der Waals surface area contributed by atoms with Crippen LogP contribution in [0.5, 0.6) is 0 Å². The van der Waals surface area contributed by atoms with Gasteiger partial charge in [-0.1, -0.05) is 0 Å². The summed E-state index contributed by atoms with van der Waals surface area (Å²) < 4.78 is 1.85. The summed E-state index contributed by atoms with van der Waals surface area (Å²) in [6.45, 7) is 3.71. The molecule has 4 heteroatoms. The Labute approximate surface area is 77.6 Å². The van der Waals surface area contributed by atoms with E-state index in [1.54, 1.807) is 0 Å². The molecule has 2 rings (SSSR count). The van der Waals surface area contributed by atoms with Gasteiger partial charge in [0.05, 0.1) is 18.3 Å². The number of hydrogen-bond donors (Lipinski definition) is 2. The molecule has 0 bridgehead atoms.